The van der Waals surface area contributed by atoms with Gasteiger partial charge in [0.15, 0.2) is 6.10 Å². The quantitative estimate of drug-likeness (QED) is 0.803. The van der Waals surface area contributed by atoms with Gasteiger partial charge in [0, 0.05) is 5.56 Å². The minimum Gasteiger partial charge on any atom is -0.495 e. The maximum Gasteiger partial charge on any atom is 0.337 e. The molecular formula is C9H9ClO4. The molecule has 5 heteroatoms. The smallest absolute Gasteiger partial charge is 0.337 e. The summed E-state index contributed by atoms with van der Waals surface area (Å²) in [6.07, 6.45) is -1.63. The van der Waals surface area contributed by atoms with Gasteiger partial charge in [-0.1, -0.05) is 23.7 Å². The number of carboxylic acid groups (broad SMARTS) is 1. The number of methoxy groups -OCH3 is 1. The molecule has 1 aromatic rings. The second-order valence-corrected chi connectivity index (χ2v) is 2.98. The second kappa shape index (κ2) is 4.30. The van der Waals surface area contributed by atoms with Crippen LogP contribution in [0.2, 0.25) is 5.02 Å². The lowest BCUT2D eigenvalue weighted by Crippen LogP contribution is -2.11. The molecule has 1 rings (SSSR count). The van der Waals surface area contributed by atoms with Gasteiger partial charge in [-0.25, -0.2) is 4.79 Å². The van der Waals surface area contributed by atoms with Crippen LogP contribution in [0.5, 0.6) is 5.75 Å². The van der Waals surface area contributed by atoms with Gasteiger partial charge >= 0.3 is 5.97 Å². The summed E-state index contributed by atoms with van der Waals surface area (Å²) in [6, 6.07) is 4.58. The Kier molecular flexibility index (Phi) is 3.33. The predicted molar refractivity (Wildman–Crippen MR) is 50.6 cm³/mol. The van der Waals surface area contributed by atoms with Crippen molar-refractivity contribution in [1.82, 2.24) is 0 Å². The fraction of sp³-hybridized carbons (Fsp3) is 0.222. The summed E-state index contributed by atoms with van der Waals surface area (Å²) in [5.74, 6) is -1.01. The van der Waals surface area contributed by atoms with Crippen molar-refractivity contribution in [2.45, 2.75) is 6.10 Å². The lowest BCUT2D eigenvalue weighted by Gasteiger charge is -2.10. The van der Waals surface area contributed by atoms with E-state index in [1.54, 1.807) is 12.1 Å². The number of carbonyl (C=O) groups is 1. The molecule has 2 N–H and O–H groups in total. The number of aliphatic hydroxyl groups excluding tert-OH is 1. The number of hydrogen-bond acceptors (Lipinski definition) is 3. The molecule has 14 heavy (non-hydrogen) atoms. The summed E-state index contributed by atoms with van der Waals surface area (Å²) < 4.78 is 4.88. The van der Waals surface area contributed by atoms with E-state index in [0.717, 1.165) is 0 Å². The van der Waals surface area contributed by atoms with Crippen LogP contribution in [0.1, 0.15) is 11.7 Å². The van der Waals surface area contributed by atoms with E-state index in [1.807, 2.05) is 0 Å². The van der Waals surface area contributed by atoms with E-state index in [4.69, 9.17) is 21.4 Å². The molecule has 0 aliphatic heterocycles. The van der Waals surface area contributed by atoms with Crippen molar-refractivity contribution in [3.05, 3.63) is 28.8 Å². The summed E-state index contributed by atoms with van der Waals surface area (Å²) in [5, 5.41) is 17.9. The molecule has 0 saturated heterocycles. The van der Waals surface area contributed by atoms with Crippen LogP contribution in [0, 0.1) is 0 Å². The topological polar surface area (TPSA) is 66.8 Å². The van der Waals surface area contributed by atoms with Gasteiger partial charge in [0.25, 0.3) is 0 Å². The summed E-state index contributed by atoms with van der Waals surface area (Å²) in [4.78, 5) is 10.5. The van der Waals surface area contributed by atoms with Crippen LogP contribution in [-0.4, -0.2) is 23.3 Å². The van der Waals surface area contributed by atoms with E-state index in [1.165, 1.54) is 13.2 Å². The summed E-state index contributed by atoms with van der Waals surface area (Å²) in [7, 11) is 1.41. The molecule has 1 atom stereocenters. The lowest BCUT2D eigenvalue weighted by molar-refractivity contribution is -0.146. The van der Waals surface area contributed by atoms with Crippen molar-refractivity contribution >= 4 is 17.6 Å². The minimum absolute atomic E-state index is 0.116. The lowest BCUT2D eigenvalue weighted by atomic mass is 10.1. The average molecular weight is 217 g/mol. The second-order valence-electron chi connectivity index (χ2n) is 2.60. The molecule has 0 aliphatic rings. The first-order chi connectivity index (χ1) is 6.57. The van der Waals surface area contributed by atoms with Crippen LogP contribution in [0.4, 0.5) is 0 Å². The zero-order chi connectivity index (χ0) is 10.7. The Morgan fingerprint density at radius 2 is 2.21 bits per heavy atom. The van der Waals surface area contributed by atoms with Crippen molar-refractivity contribution in [1.29, 1.82) is 0 Å². The van der Waals surface area contributed by atoms with Crippen molar-refractivity contribution in [3.8, 4) is 5.75 Å². The number of halogens is 1. The number of benzene rings is 1. The highest BCUT2D eigenvalue weighted by Crippen LogP contribution is 2.31. The SMILES string of the molecule is COc1cccc([C@@H](O)C(=O)O)c1Cl. The first-order valence-electron chi connectivity index (χ1n) is 3.81. The predicted octanol–water partition coefficient (Wildman–Crippen LogP) is 1.47. The molecule has 4 nitrogen and oxygen atoms in total. The summed E-state index contributed by atoms with van der Waals surface area (Å²) >= 11 is 5.80. The fourth-order valence-electron chi connectivity index (χ4n) is 1.03. The number of rotatable bonds is 3. The van der Waals surface area contributed by atoms with Crippen LogP contribution < -0.4 is 4.74 Å². The van der Waals surface area contributed by atoms with Gasteiger partial charge in [0.05, 0.1) is 12.1 Å². The Morgan fingerprint density at radius 3 is 2.71 bits per heavy atom. The minimum atomic E-state index is -1.63. The highest BCUT2D eigenvalue weighted by Gasteiger charge is 2.20. The first kappa shape index (κ1) is 10.8. The van der Waals surface area contributed by atoms with Gasteiger partial charge in [-0.15, -0.1) is 0 Å². The monoisotopic (exact) mass is 216 g/mol. The maximum absolute atomic E-state index is 10.5. The largest absolute Gasteiger partial charge is 0.495 e. The molecule has 0 radical (unpaired) electrons. The third kappa shape index (κ3) is 1.97. The van der Waals surface area contributed by atoms with Crippen LogP contribution in [0.15, 0.2) is 18.2 Å². The molecule has 0 heterocycles. The highest BCUT2D eigenvalue weighted by molar-refractivity contribution is 6.33. The molecular weight excluding hydrogens is 208 g/mol. The third-order valence-corrected chi connectivity index (χ3v) is 2.15. The van der Waals surface area contributed by atoms with Crippen LogP contribution >= 0.6 is 11.6 Å². The van der Waals surface area contributed by atoms with Crippen LogP contribution in [0.3, 0.4) is 0 Å². The third-order valence-electron chi connectivity index (χ3n) is 1.74. The van der Waals surface area contributed by atoms with Gasteiger partial charge in [0.1, 0.15) is 5.75 Å². The average Bonchev–Trinajstić information content (AvgIpc) is 2.17. The molecule has 1 aromatic carbocycles. The van der Waals surface area contributed by atoms with Crippen LogP contribution in [-0.2, 0) is 4.79 Å². The van der Waals surface area contributed by atoms with E-state index < -0.39 is 12.1 Å². The van der Waals surface area contributed by atoms with E-state index in [9.17, 15) is 9.90 Å². The standard InChI is InChI=1S/C9H9ClO4/c1-14-6-4-2-3-5(7(6)10)8(11)9(12)13/h2-4,8,11H,1H3,(H,12,13)/t8-/m1/s1. The number of aliphatic carboxylic acids is 1. The van der Waals surface area contributed by atoms with Gasteiger partial charge in [0.2, 0.25) is 0 Å². The van der Waals surface area contributed by atoms with E-state index >= 15 is 0 Å². The van der Waals surface area contributed by atoms with Crippen molar-refractivity contribution < 1.29 is 19.7 Å². The maximum atomic E-state index is 10.5. The zero-order valence-electron chi connectivity index (χ0n) is 7.40. The van der Waals surface area contributed by atoms with Crippen LogP contribution in [0.25, 0.3) is 0 Å². The molecule has 76 valence electrons. The highest BCUT2D eigenvalue weighted by atomic mass is 35.5. The Hall–Kier alpha value is -1.26. The summed E-state index contributed by atoms with van der Waals surface area (Å²) in [6.45, 7) is 0. The number of ether oxygens (including phenoxy) is 1. The molecule has 0 aromatic heterocycles. The van der Waals surface area contributed by atoms with Gasteiger partial charge in [-0.05, 0) is 6.07 Å². The summed E-state index contributed by atoms with van der Waals surface area (Å²) in [5.41, 5.74) is 0.124. The number of aliphatic hydroxyl groups is 1. The first-order valence-corrected chi connectivity index (χ1v) is 4.19. The van der Waals surface area contributed by atoms with Crippen molar-refractivity contribution in [3.63, 3.8) is 0 Å². The van der Waals surface area contributed by atoms with Gasteiger partial charge in [-0.3, -0.25) is 0 Å². The normalized spacial score (nSPS) is 12.2. The molecule has 0 unspecified atom stereocenters. The van der Waals surface area contributed by atoms with E-state index in [-0.39, 0.29) is 10.6 Å². The molecule has 0 fully saturated rings. The Balaban J connectivity index is 3.15. The fourth-order valence-corrected chi connectivity index (χ4v) is 1.34. The molecule has 0 aliphatic carbocycles. The molecule has 0 saturated carbocycles. The molecule has 0 amide bonds. The Bertz CT molecular complexity index is 351. The van der Waals surface area contributed by atoms with Crippen molar-refractivity contribution in [2.75, 3.05) is 7.11 Å². The number of hydrogen-bond donors (Lipinski definition) is 2. The Morgan fingerprint density at radius 1 is 1.57 bits per heavy atom. The van der Waals surface area contributed by atoms with Gasteiger partial charge < -0.3 is 14.9 Å². The molecule has 0 bridgehead atoms. The zero-order valence-corrected chi connectivity index (χ0v) is 8.15. The Labute approximate surface area is 85.7 Å². The van der Waals surface area contributed by atoms with E-state index in [0.29, 0.717) is 5.75 Å². The molecule has 0 spiro atoms. The van der Waals surface area contributed by atoms with Gasteiger partial charge in [-0.2, -0.15) is 0 Å². The van der Waals surface area contributed by atoms with E-state index in [2.05, 4.69) is 0 Å². The number of carboxylic acids is 1. The van der Waals surface area contributed by atoms with Crippen molar-refractivity contribution in [2.24, 2.45) is 0 Å².